The van der Waals surface area contributed by atoms with Gasteiger partial charge >= 0.3 is 0 Å². The van der Waals surface area contributed by atoms with Crippen molar-refractivity contribution in [2.75, 3.05) is 69.3 Å². The number of nitrogens with zero attached hydrogens (tertiary/aromatic N) is 7. The quantitative estimate of drug-likeness (QED) is 0.386. The van der Waals surface area contributed by atoms with E-state index in [9.17, 15) is 14.4 Å². The largest absolute Gasteiger partial charge is 0.486 e. The number of carbonyl (C=O) groups excluding carboxylic acids is 1. The summed E-state index contributed by atoms with van der Waals surface area (Å²) in [5.41, 5.74) is 2.82. The Morgan fingerprint density at radius 3 is 2.56 bits per heavy atom. The van der Waals surface area contributed by atoms with Gasteiger partial charge in [-0.25, -0.2) is 14.4 Å². The van der Waals surface area contributed by atoms with E-state index in [4.69, 9.17) is 14.6 Å². The van der Waals surface area contributed by atoms with Crippen LogP contribution in [0.4, 0.5) is 21.7 Å². The van der Waals surface area contributed by atoms with E-state index in [1.807, 2.05) is 12.1 Å². The van der Waals surface area contributed by atoms with E-state index in [-0.39, 0.29) is 30.8 Å². The molecule has 3 saturated heterocycles. The van der Waals surface area contributed by atoms with E-state index in [1.54, 1.807) is 18.2 Å². The van der Waals surface area contributed by atoms with Crippen molar-refractivity contribution in [2.45, 2.75) is 37.6 Å². The average Bonchev–Trinajstić information content (AvgIpc) is 3.10. The Morgan fingerprint density at radius 1 is 1.07 bits per heavy atom. The van der Waals surface area contributed by atoms with Crippen LogP contribution in [0, 0.1) is 11.3 Å². The summed E-state index contributed by atoms with van der Waals surface area (Å²) in [6.07, 6.45) is 1.64. The highest BCUT2D eigenvalue weighted by Crippen LogP contribution is 2.29. The molecule has 236 valence electrons. The predicted octanol–water partition coefficient (Wildman–Crippen LogP) is 2.76. The zero-order valence-electron chi connectivity index (χ0n) is 25.0. The van der Waals surface area contributed by atoms with Crippen LogP contribution in [0.3, 0.4) is 0 Å². The lowest BCUT2D eigenvalue weighted by atomic mass is 10.0. The van der Waals surface area contributed by atoms with Gasteiger partial charge in [0.25, 0.3) is 0 Å². The van der Waals surface area contributed by atoms with E-state index in [2.05, 4.69) is 48.3 Å². The van der Waals surface area contributed by atoms with Crippen LogP contribution in [0.2, 0.25) is 0 Å². The average molecular weight is 617 g/mol. The molecule has 45 heavy (non-hydrogen) atoms. The summed E-state index contributed by atoms with van der Waals surface area (Å²) >= 11 is 0. The molecule has 0 aliphatic carbocycles. The molecule has 1 amide bonds. The van der Waals surface area contributed by atoms with Gasteiger partial charge in [0.15, 0.2) is 12.0 Å². The van der Waals surface area contributed by atoms with Gasteiger partial charge in [0.05, 0.1) is 12.1 Å². The lowest BCUT2D eigenvalue weighted by molar-refractivity contribution is -0.138. The van der Waals surface area contributed by atoms with Crippen LogP contribution in [0.1, 0.15) is 24.8 Å². The first-order valence-corrected chi connectivity index (χ1v) is 15.4. The second kappa shape index (κ2) is 14.2. The molecular weight excluding hydrogens is 579 g/mol. The van der Waals surface area contributed by atoms with Gasteiger partial charge < -0.3 is 29.7 Å². The Kier molecular flexibility index (Phi) is 9.63. The lowest BCUT2D eigenvalue weighted by Gasteiger charge is -2.41. The second-order valence-electron chi connectivity index (χ2n) is 11.5. The van der Waals surface area contributed by atoms with Gasteiger partial charge in [-0.1, -0.05) is 0 Å². The summed E-state index contributed by atoms with van der Waals surface area (Å²) < 4.78 is 26.1. The number of hydrogen-bond donors (Lipinski definition) is 2. The molecule has 3 aliphatic heterocycles. The van der Waals surface area contributed by atoms with Crippen molar-refractivity contribution in [3.63, 3.8) is 0 Å². The predicted molar refractivity (Wildman–Crippen MR) is 165 cm³/mol. The van der Waals surface area contributed by atoms with Gasteiger partial charge in [0.1, 0.15) is 30.9 Å². The maximum Gasteiger partial charge on any atom is 0.248 e. The van der Waals surface area contributed by atoms with Gasteiger partial charge in [-0.15, -0.1) is 0 Å². The van der Waals surface area contributed by atoms with Gasteiger partial charge in [-0.3, -0.25) is 9.69 Å². The maximum absolute atomic E-state index is 14.8. The Balaban J connectivity index is 1.06. The number of aromatic nitrogens is 3. The molecule has 3 aliphatic rings. The summed E-state index contributed by atoms with van der Waals surface area (Å²) in [7, 11) is 0. The van der Waals surface area contributed by atoms with Gasteiger partial charge in [-0.05, 0) is 55.3 Å². The molecule has 4 heterocycles. The number of hydrogen-bond acceptors (Lipinski definition) is 11. The number of aliphatic hydroxyl groups excluding tert-OH is 1. The molecule has 1 aromatic heterocycles. The Hall–Kier alpha value is -4.38. The number of rotatable bonds is 8. The van der Waals surface area contributed by atoms with Crippen molar-refractivity contribution in [1.29, 1.82) is 5.26 Å². The number of nitriles is 1. The number of piperidine rings is 1. The van der Waals surface area contributed by atoms with E-state index in [1.165, 1.54) is 16.9 Å². The Labute approximate surface area is 261 Å². The number of piperazine rings is 1. The molecule has 0 radical (unpaired) electrons. The SMILES string of the molecule is N#Cc1cc(-c2ncnc(Nc3ccc(N4CCN(C5CCOCC5)CC4)cc3)n2)ccc1O[C@H]1CCN(C(=O)CO)C[C@H]1F. The van der Waals surface area contributed by atoms with Crippen molar-refractivity contribution in [3.8, 4) is 23.2 Å². The standard InChI is InChI=1S/C32H37FN8O4/c33-27-19-41(30(43)20-42)10-7-29(27)45-28-6-1-22(17-23(28)18-34)31-35-21-36-32(38-31)37-24-2-4-25(5-3-24)39-11-13-40(14-12-39)26-8-15-44-16-9-26/h1-6,17,21,26-27,29,42H,7-16,19-20H2,(H,35,36,37,38)/t27-,29+/m1/s1. The molecule has 0 saturated carbocycles. The molecule has 13 heteroatoms. The van der Waals surface area contributed by atoms with E-state index in [0.29, 0.717) is 23.4 Å². The third-order valence-electron chi connectivity index (χ3n) is 8.69. The monoisotopic (exact) mass is 616 g/mol. The van der Waals surface area contributed by atoms with Crippen LogP contribution >= 0.6 is 0 Å². The summed E-state index contributed by atoms with van der Waals surface area (Å²) in [6, 6.07) is 15.9. The molecule has 3 fully saturated rings. The number of ether oxygens (including phenoxy) is 2. The number of halogens is 1. The van der Waals surface area contributed by atoms with Crippen LogP contribution in [-0.2, 0) is 9.53 Å². The first-order valence-electron chi connectivity index (χ1n) is 15.4. The molecule has 0 bridgehead atoms. The third-order valence-corrected chi connectivity index (χ3v) is 8.69. The van der Waals surface area contributed by atoms with E-state index in [0.717, 1.165) is 57.9 Å². The summed E-state index contributed by atoms with van der Waals surface area (Å²) in [5.74, 6) is 0.458. The zero-order chi connectivity index (χ0) is 31.2. The van der Waals surface area contributed by atoms with Crippen molar-refractivity contribution >= 4 is 23.2 Å². The lowest BCUT2D eigenvalue weighted by Crippen LogP contribution is -2.51. The topological polar surface area (TPSA) is 140 Å². The number of nitrogens with one attached hydrogen (secondary N) is 1. The number of likely N-dealkylation sites (tertiary alicyclic amines) is 1. The minimum absolute atomic E-state index is 0.165. The number of amides is 1. The normalized spacial score (nSPS) is 21.3. The molecule has 3 aromatic rings. The minimum Gasteiger partial charge on any atom is -0.486 e. The van der Waals surface area contributed by atoms with E-state index < -0.39 is 24.8 Å². The van der Waals surface area contributed by atoms with E-state index >= 15 is 0 Å². The van der Waals surface area contributed by atoms with Gasteiger partial charge in [0, 0.05) is 75.3 Å². The fourth-order valence-electron chi connectivity index (χ4n) is 6.14. The number of benzene rings is 2. The van der Waals surface area contributed by atoms with Crippen LogP contribution in [-0.4, -0.2) is 113 Å². The number of carbonyl (C=O) groups is 1. The van der Waals surface area contributed by atoms with Crippen LogP contribution in [0.25, 0.3) is 11.4 Å². The molecule has 12 nitrogen and oxygen atoms in total. The van der Waals surface area contributed by atoms with Crippen molar-refractivity contribution in [3.05, 3.63) is 54.4 Å². The molecule has 6 rings (SSSR count). The first-order chi connectivity index (χ1) is 22.0. The smallest absolute Gasteiger partial charge is 0.248 e. The molecule has 0 unspecified atom stereocenters. The molecular formula is C32H37FN8O4. The van der Waals surface area contributed by atoms with Crippen LogP contribution in [0.15, 0.2) is 48.8 Å². The molecule has 2 N–H and O–H groups in total. The molecule has 2 atom stereocenters. The fraction of sp³-hybridized carbons (Fsp3) is 0.469. The van der Waals surface area contributed by atoms with Crippen LogP contribution < -0.4 is 15.0 Å². The third kappa shape index (κ3) is 7.30. The van der Waals surface area contributed by atoms with Crippen LogP contribution in [0.5, 0.6) is 5.75 Å². The first kappa shape index (κ1) is 30.6. The number of anilines is 3. The van der Waals surface area contributed by atoms with Crippen molar-refractivity contribution < 1.29 is 23.8 Å². The van der Waals surface area contributed by atoms with Crippen molar-refractivity contribution in [2.24, 2.45) is 0 Å². The highest BCUT2D eigenvalue weighted by molar-refractivity contribution is 5.77. The fourth-order valence-corrected chi connectivity index (χ4v) is 6.14. The molecule has 2 aromatic carbocycles. The summed E-state index contributed by atoms with van der Waals surface area (Å²) in [4.78, 5) is 31.1. The summed E-state index contributed by atoms with van der Waals surface area (Å²) in [6.45, 7) is 5.28. The Morgan fingerprint density at radius 2 is 1.84 bits per heavy atom. The zero-order valence-corrected chi connectivity index (χ0v) is 25.0. The second-order valence-corrected chi connectivity index (χ2v) is 11.5. The summed E-state index contributed by atoms with van der Waals surface area (Å²) in [5, 5.41) is 22.1. The maximum atomic E-state index is 14.8. The number of alkyl halides is 1. The highest BCUT2D eigenvalue weighted by Gasteiger charge is 2.33. The highest BCUT2D eigenvalue weighted by atomic mass is 19.1. The van der Waals surface area contributed by atoms with Gasteiger partial charge in [0.2, 0.25) is 11.9 Å². The Bertz CT molecular complexity index is 1510. The van der Waals surface area contributed by atoms with Crippen molar-refractivity contribution in [1.82, 2.24) is 24.8 Å². The molecule has 0 spiro atoms. The number of aliphatic hydroxyl groups is 1. The van der Waals surface area contributed by atoms with Gasteiger partial charge in [-0.2, -0.15) is 10.2 Å². The minimum atomic E-state index is -1.45.